The molecule has 0 saturated heterocycles. The van der Waals surface area contributed by atoms with Gasteiger partial charge in [0.2, 0.25) is 0 Å². The summed E-state index contributed by atoms with van der Waals surface area (Å²) in [4.78, 5) is 38.4. The van der Waals surface area contributed by atoms with Gasteiger partial charge in [-0.25, -0.2) is 0 Å². The average molecular weight is 1140 g/mol. The molecule has 0 saturated carbocycles. The number of carbonyl (C=O) groups excluding carboxylic acids is 3. The topological polar surface area (TPSA) is 78.9 Å². The highest BCUT2D eigenvalue weighted by atomic mass is 16.6. The molecule has 1 atom stereocenters. The number of rotatable bonds is 65. The molecule has 6 nitrogen and oxygen atoms in total. The van der Waals surface area contributed by atoms with Crippen molar-refractivity contribution in [2.75, 3.05) is 13.2 Å². The fourth-order valence-corrected chi connectivity index (χ4v) is 10.3. The summed E-state index contributed by atoms with van der Waals surface area (Å²) in [6.45, 7) is 6.57. The van der Waals surface area contributed by atoms with Crippen LogP contribution >= 0.6 is 0 Å². The van der Waals surface area contributed by atoms with Crippen molar-refractivity contribution in [2.45, 2.75) is 367 Å². The molecule has 0 aliphatic rings. The number of esters is 3. The van der Waals surface area contributed by atoms with Gasteiger partial charge in [0.1, 0.15) is 13.2 Å². The van der Waals surface area contributed by atoms with Gasteiger partial charge in [-0.3, -0.25) is 14.4 Å². The van der Waals surface area contributed by atoms with Gasteiger partial charge < -0.3 is 14.2 Å². The van der Waals surface area contributed by atoms with Crippen LogP contribution in [-0.2, 0) is 28.6 Å². The van der Waals surface area contributed by atoms with Crippen molar-refractivity contribution >= 4 is 17.9 Å². The van der Waals surface area contributed by atoms with Gasteiger partial charge in [0.25, 0.3) is 0 Å². The molecular formula is C76H134O6. The Bertz CT molecular complexity index is 1550. The van der Waals surface area contributed by atoms with E-state index in [4.69, 9.17) is 14.2 Å². The van der Waals surface area contributed by atoms with Crippen molar-refractivity contribution in [3.05, 3.63) is 85.1 Å². The maximum absolute atomic E-state index is 12.9. The van der Waals surface area contributed by atoms with Crippen LogP contribution in [0.25, 0.3) is 0 Å². The van der Waals surface area contributed by atoms with E-state index in [1.54, 1.807) is 0 Å². The van der Waals surface area contributed by atoms with Gasteiger partial charge in [0.15, 0.2) is 6.10 Å². The van der Waals surface area contributed by atoms with Crippen LogP contribution in [0.5, 0.6) is 0 Å². The van der Waals surface area contributed by atoms with Crippen molar-refractivity contribution < 1.29 is 28.6 Å². The Kier molecular flexibility index (Phi) is 67.2. The highest BCUT2D eigenvalue weighted by Crippen LogP contribution is 2.18. The van der Waals surface area contributed by atoms with Crippen molar-refractivity contribution in [1.29, 1.82) is 0 Å². The summed E-state index contributed by atoms with van der Waals surface area (Å²) in [5.41, 5.74) is 0. The molecule has 0 aliphatic carbocycles. The fraction of sp³-hybridized carbons (Fsp3) is 0.776. The summed E-state index contributed by atoms with van der Waals surface area (Å²) in [7, 11) is 0. The number of carbonyl (C=O) groups is 3. The largest absolute Gasteiger partial charge is 0.462 e. The second kappa shape index (κ2) is 70.1. The maximum Gasteiger partial charge on any atom is 0.306 e. The molecule has 0 N–H and O–H groups in total. The zero-order chi connectivity index (χ0) is 59.2. The van der Waals surface area contributed by atoms with Crippen molar-refractivity contribution in [1.82, 2.24) is 0 Å². The molecule has 0 aromatic carbocycles. The first-order valence-electron chi connectivity index (χ1n) is 35.6. The van der Waals surface area contributed by atoms with E-state index in [0.717, 1.165) is 96.3 Å². The molecule has 0 rings (SSSR count). The highest BCUT2D eigenvalue weighted by molar-refractivity contribution is 5.71. The van der Waals surface area contributed by atoms with Gasteiger partial charge in [-0.2, -0.15) is 0 Å². The summed E-state index contributed by atoms with van der Waals surface area (Å²) in [6, 6.07) is 0. The Balaban J connectivity index is 4.20. The van der Waals surface area contributed by atoms with E-state index in [-0.39, 0.29) is 31.1 Å². The van der Waals surface area contributed by atoms with E-state index in [1.807, 2.05) is 0 Å². The predicted molar refractivity (Wildman–Crippen MR) is 358 cm³/mol. The number of hydrogen-bond donors (Lipinski definition) is 0. The second-order valence-electron chi connectivity index (χ2n) is 23.8. The molecule has 0 aromatic rings. The van der Waals surface area contributed by atoms with Gasteiger partial charge in [0.05, 0.1) is 0 Å². The molecule has 0 radical (unpaired) electrons. The Morgan fingerprint density at radius 2 is 0.476 bits per heavy atom. The van der Waals surface area contributed by atoms with Crippen LogP contribution < -0.4 is 0 Å². The zero-order valence-corrected chi connectivity index (χ0v) is 54.5. The Labute approximate surface area is 509 Å². The molecule has 0 spiro atoms. The van der Waals surface area contributed by atoms with Crippen molar-refractivity contribution in [3.63, 3.8) is 0 Å². The Hall–Kier alpha value is -3.41. The Morgan fingerprint density at radius 3 is 0.756 bits per heavy atom. The quantitative estimate of drug-likeness (QED) is 0.0261. The minimum absolute atomic E-state index is 0.0724. The fourth-order valence-electron chi connectivity index (χ4n) is 10.3. The molecule has 474 valence electrons. The first-order valence-corrected chi connectivity index (χ1v) is 35.6. The lowest BCUT2D eigenvalue weighted by Crippen LogP contribution is -2.30. The molecule has 1 unspecified atom stereocenters. The van der Waals surface area contributed by atoms with Crippen LogP contribution in [0.4, 0.5) is 0 Å². The molecule has 0 aromatic heterocycles. The number of unbranched alkanes of at least 4 members (excludes halogenated alkanes) is 40. The molecule has 0 bridgehead atoms. The SMILES string of the molecule is CC/C=C\C/C=C\C/C=C\C/C=C\C/C=C\C/C=C\CCCCCCCCCCCCCCCCC(=O)OCC(COC(=O)CCCCCCCCCCCCCCCC)OC(=O)CCCCCCCCC/C=C\CCCCCCCC. The second-order valence-corrected chi connectivity index (χ2v) is 23.8. The molecule has 6 heteroatoms. The molecule has 0 aliphatic heterocycles. The van der Waals surface area contributed by atoms with E-state index in [0.29, 0.717) is 19.3 Å². The van der Waals surface area contributed by atoms with Gasteiger partial charge in [0, 0.05) is 19.3 Å². The molecule has 82 heavy (non-hydrogen) atoms. The molecule has 0 fully saturated rings. The summed E-state index contributed by atoms with van der Waals surface area (Å²) in [5, 5.41) is 0. The van der Waals surface area contributed by atoms with Gasteiger partial charge in [-0.1, -0.05) is 331 Å². The first-order chi connectivity index (χ1) is 40.5. The number of hydrogen-bond acceptors (Lipinski definition) is 6. The maximum atomic E-state index is 12.9. The molecular weight excluding hydrogens is 1010 g/mol. The Morgan fingerprint density at radius 1 is 0.256 bits per heavy atom. The van der Waals surface area contributed by atoms with E-state index >= 15 is 0 Å². The lowest BCUT2D eigenvalue weighted by molar-refractivity contribution is -0.167. The van der Waals surface area contributed by atoms with Crippen LogP contribution in [0.2, 0.25) is 0 Å². The summed E-state index contributed by atoms with van der Waals surface area (Å²) < 4.78 is 17.0. The highest BCUT2D eigenvalue weighted by Gasteiger charge is 2.19. The van der Waals surface area contributed by atoms with Gasteiger partial charge in [-0.15, -0.1) is 0 Å². The van der Waals surface area contributed by atoms with Gasteiger partial charge in [-0.05, 0) is 96.3 Å². The number of allylic oxidation sites excluding steroid dienone is 14. The smallest absolute Gasteiger partial charge is 0.306 e. The van der Waals surface area contributed by atoms with E-state index in [2.05, 4.69) is 106 Å². The zero-order valence-electron chi connectivity index (χ0n) is 54.5. The third-order valence-corrected chi connectivity index (χ3v) is 15.6. The molecule has 0 amide bonds. The third kappa shape index (κ3) is 67.4. The van der Waals surface area contributed by atoms with E-state index in [9.17, 15) is 14.4 Å². The first kappa shape index (κ1) is 78.6. The standard InChI is InChI=1S/C76H134O6/c1-4-7-10-13-16-19-22-25-28-30-31-32-33-34-35-36-37-38-39-40-41-42-43-44-45-47-48-51-54-57-60-63-66-69-75(78)81-72-73(71-80-74(77)68-65-62-59-56-53-50-27-24-21-18-15-12-9-6-3)82-76(79)70-67-64-61-58-55-52-49-46-29-26-23-20-17-14-11-8-5-2/h7,10,16,19,25-26,28-29,31-32,34-35,37-38,73H,4-6,8-9,11-15,17-18,20-24,27,30,33,36,39-72H2,1-3H3/b10-7-,19-16-,28-25-,29-26-,32-31-,35-34-,38-37-. The minimum Gasteiger partial charge on any atom is -0.462 e. The van der Waals surface area contributed by atoms with Crippen LogP contribution in [0, 0.1) is 0 Å². The lowest BCUT2D eigenvalue weighted by atomic mass is 10.0. The lowest BCUT2D eigenvalue weighted by Gasteiger charge is -2.18. The van der Waals surface area contributed by atoms with Crippen LogP contribution in [0.1, 0.15) is 361 Å². The summed E-state index contributed by atoms with van der Waals surface area (Å²) >= 11 is 0. The molecule has 0 heterocycles. The summed E-state index contributed by atoms with van der Waals surface area (Å²) in [6.07, 6.45) is 93.2. The average Bonchev–Trinajstić information content (AvgIpc) is 3.47. The van der Waals surface area contributed by atoms with Gasteiger partial charge >= 0.3 is 17.9 Å². The minimum atomic E-state index is -0.777. The van der Waals surface area contributed by atoms with Crippen molar-refractivity contribution in [2.24, 2.45) is 0 Å². The number of ether oxygens (including phenoxy) is 3. The van der Waals surface area contributed by atoms with Crippen molar-refractivity contribution in [3.8, 4) is 0 Å². The predicted octanol–water partition coefficient (Wildman–Crippen LogP) is 24.6. The van der Waals surface area contributed by atoms with E-state index < -0.39 is 6.10 Å². The van der Waals surface area contributed by atoms with E-state index in [1.165, 1.54) is 225 Å². The third-order valence-electron chi connectivity index (χ3n) is 15.6. The van der Waals surface area contributed by atoms with Crippen LogP contribution in [0.3, 0.4) is 0 Å². The monoisotopic (exact) mass is 1140 g/mol. The normalized spacial score (nSPS) is 12.6. The van der Waals surface area contributed by atoms with Crippen LogP contribution in [0.15, 0.2) is 85.1 Å². The summed E-state index contributed by atoms with van der Waals surface area (Å²) in [5.74, 6) is -0.857. The van der Waals surface area contributed by atoms with Crippen LogP contribution in [-0.4, -0.2) is 37.2 Å².